The first kappa shape index (κ1) is 20.3. The van der Waals surface area contributed by atoms with Gasteiger partial charge in [0.05, 0.1) is 5.69 Å². The number of rotatable bonds is 6. The summed E-state index contributed by atoms with van der Waals surface area (Å²) in [7, 11) is 0. The Kier molecular flexibility index (Phi) is 5.69. The zero-order chi connectivity index (χ0) is 21.3. The monoisotopic (exact) mass is 438 g/mol. The van der Waals surface area contributed by atoms with Crippen LogP contribution in [0.4, 0.5) is 5.13 Å². The van der Waals surface area contributed by atoms with Crippen LogP contribution in [0.3, 0.4) is 0 Å². The molecule has 30 heavy (non-hydrogen) atoms. The molecule has 0 fully saturated rings. The van der Waals surface area contributed by atoms with Crippen LogP contribution in [0.5, 0.6) is 0 Å². The van der Waals surface area contributed by atoms with Crippen molar-refractivity contribution in [1.82, 2.24) is 15.3 Å². The van der Waals surface area contributed by atoms with Crippen LogP contribution in [0.25, 0.3) is 22.2 Å². The van der Waals surface area contributed by atoms with Crippen molar-refractivity contribution in [3.63, 3.8) is 0 Å². The minimum atomic E-state index is -0.695. The van der Waals surface area contributed by atoms with Crippen molar-refractivity contribution < 1.29 is 9.59 Å². The highest BCUT2D eigenvalue weighted by Gasteiger charge is 2.23. The third-order valence-electron chi connectivity index (χ3n) is 4.84. The molecule has 3 N–H and O–H groups in total. The van der Waals surface area contributed by atoms with E-state index in [1.54, 1.807) is 11.3 Å². The highest BCUT2D eigenvalue weighted by molar-refractivity contribution is 7.14. The normalized spacial score (nSPS) is 12.1. The van der Waals surface area contributed by atoms with Crippen molar-refractivity contribution in [2.45, 2.75) is 33.2 Å². The van der Waals surface area contributed by atoms with E-state index in [1.165, 1.54) is 28.0 Å². The number of carbonyl (C=O) groups is 2. The van der Waals surface area contributed by atoms with Crippen molar-refractivity contribution in [1.29, 1.82) is 0 Å². The molecule has 0 aliphatic carbocycles. The lowest BCUT2D eigenvalue weighted by atomic mass is 10.0. The Labute approximate surface area is 182 Å². The second-order valence-corrected chi connectivity index (χ2v) is 9.49. The number of aromatic amines is 1. The van der Waals surface area contributed by atoms with Gasteiger partial charge in [0, 0.05) is 51.1 Å². The number of carbonyl (C=O) groups excluding carboxylic acids is 2. The Morgan fingerprint density at radius 2 is 2.03 bits per heavy atom. The molecule has 0 unspecified atom stereocenters. The number of fused-ring (bicyclic) bond motifs is 1. The minimum Gasteiger partial charge on any atom is -0.361 e. The van der Waals surface area contributed by atoms with Crippen molar-refractivity contribution in [2.75, 3.05) is 5.32 Å². The Bertz CT molecular complexity index is 1220. The fraction of sp³-hybridized carbons (Fsp3) is 0.227. The number of benzene rings is 1. The zero-order valence-electron chi connectivity index (χ0n) is 16.9. The first-order valence-corrected chi connectivity index (χ1v) is 11.3. The molecule has 0 aliphatic heterocycles. The van der Waals surface area contributed by atoms with Crippen LogP contribution in [0.15, 0.2) is 41.9 Å². The van der Waals surface area contributed by atoms with Crippen molar-refractivity contribution in [3.05, 3.63) is 57.2 Å². The van der Waals surface area contributed by atoms with Gasteiger partial charge in [-0.15, -0.1) is 22.7 Å². The summed E-state index contributed by atoms with van der Waals surface area (Å²) >= 11 is 3.11. The molecule has 3 heterocycles. The number of para-hydroxylation sites is 1. The van der Waals surface area contributed by atoms with E-state index in [1.807, 2.05) is 35.8 Å². The quantitative estimate of drug-likeness (QED) is 0.409. The van der Waals surface area contributed by atoms with E-state index < -0.39 is 6.04 Å². The number of anilines is 1. The molecule has 4 aromatic rings. The molecule has 0 saturated heterocycles. The lowest BCUT2D eigenvalue weighted by molar-refractivity contribution is -0.125. The zero-order valence-corrected chi connectivity index (χ0v) is 18.5. The van der Waals surface area contributed by atoms with E-state index in [0.29, 0.717) is 11.6 Å². The van der Waals surface area contributed by atoms with Crippen LogP contribution < -0.4 is 10.6 Å². The fourth-order valence-corrected chi connectivity index (χ4v) is 5.15. The van der Waals surface area contributed by atoms with E-state index in [4.69, 9.17) is 0 Å². The second-order valence-electron chi connectivity index (χ2n) is 7.17. The third-order valence-corrected chi connectivity index (χ3v) is 6.57. The summed E-state index contributed by atoms with van der Waals surface area (Å²) in [5.41, 5.74) is 3.92. The molecule has 4 rings (SSSR count). The summed E-state index contributed by atoms with van der Waals surface area (Å²) in [4.78, 5) is 34.9. The Morgan fingerprint density at radius 1 is 1.23 bits per heavy atom. The van der Waals surface area contributed by atoms with Gasteiger partial charge < -0.3 is 15.6 Å². The number of H-pyrrole nitrogens is 1. The highest BCUT2D eigenvalue weighted by Crippen LogP contribution is 2.32. The number of thiazole rings is 1. The van der Waals surface area contributed by atoms with E-state index in [-0.39, 0.29) is 11.8 Å². The van der Waals surface area contributed by atoms with E-state index in [9.17, 15) is 9.59 Å². The van der Waals surface area contributed by atoms with Crippen LogP contribution >= 0.6 is 22.7 Å². The molecular formula is C22H22N4O2S2. The molecule has 0 spiro atoms. The average molecular weight is 439 g/mol. The predicted octanol–water partition coefficient (Wildman–Crippen LogP) is 4.66. The molecule has 2 amide bonds. The van der Waals surface area contributed by atoms with Crippen LogP contribution in [0, 0.1) is 13.8 Å². The van der Waals surface area contributed by atoms with E-state index in [2.05, 4.69) is 40.5 Å². The van der Waals surface area contributed by atoms with Crippen LogP contribution in [0.2, 0.25) is 0 Å². The molecular weight excluding hydrogens is 416 g/mol. The number of nitrogens with zero attached hydrogens (tertiary/aromatic N) is 1. The second kappa shape index (κ2) is 8.41. The molecule has 0 radical (unpaired) electrons. The lowest BCUT2D eigenvalue weighted by Gasteiger charge is -2.16. The van der Waals surface area contributed by atoms with Crippen LogP contribution in [-0.4, -0.2) is 27.8 Å². The standard InChI is InChI=1S/C22H22N4O2S2/c1-12-8-17(13(2)30-12)20-11-29-22(25-20)26-21(28)19(24-14(3)27)9-15-10-23-18-7-5-4-6-16(15)18/h4-8,10-11,19,23H,9H2,1-3H3,(H,24,27)(H,25,26,28)/t19-/m1/s1. The van der Waals surface area contributed by atoms with Gasteiger partial charge >= 0.3 is 0 Å². The van der Waals surface area contributed by atoms with Gasteiger partial charge in [-0.05, 0) is 31.5 Å². The fourth-order valence-electron chi connectivity index (χ4n) is 3.51. The summed E-state index contributed by atoms with van der Waals surface area (Å²) in [6.45, 7) is 5.55. The number of aryl methyl sites for hydroxylation is 2. The molecule has 1 atom stereocenters. The van der Waals surface area contributed by atoms with Crippen molar-refractivity contribution >= 4 is 50.5 Å². The van der Waals surface area contributed by atoms with Gasteiger partial charge in [0.15, 0.2) is 5.13 Å². The number of thiophene rings is 1. The van der Waals surface area contributed by atoms with Gasteiger partial charge in [0.1, 0.15) is 6.04 Å². The van der Waals surface area contributed by atoms with E-state index in [0.717, 1.165) is 27.7 Å². The first-order chi connectivity index (χ1) is 14.4. The minimum absolute atomic E-state index is 0.251. The number of nitrogens with one attached hydrogen (secondary N) is 3. The average Bonchev–Trinajstić information content (AvgIpc) is 3.40. The topological polar surface area (TPSA) is 86.9 Å². The van der Waals surface area contributed by atoms with Gasteiger partial charge in [-0.1, -0.05) is 18.2 Å². The molecule has 6 nitrogen and oxygen atoms in total. The van der Waals surface area contributed by atoms with Gasteiger partial charge in [0.25, 0.3) is 0 Å². The molecule has 3 aromatic heterocycles. The van der Waals surface area contributed by atoms with Gasteiger partial charge in [-0.25, -0.2) is 4.98 Å². The van der Waals surface area contributed by atoms with Crippen LogP contribution in [0.1, 0.15) is 22.2 Å². The molecule has 0 saturated carbocycles. The SMILES string of the molecule is CC(=O)N[C@H](Cc1c[nH]c2ccccc12)C(=O)Nc1nc(-c2cc(C)sc2C)cs1. The number of aromatic nitrogens is 2. The molecule has 0 bridgehead atoms. The van der Waals surface area contributed by atoms with Gasteiger partial charge in [0.2, 0.25) is 11.8 Å². The summed E-state index contributed by atoms with van der Waals surface area (Å²) in [6.07, 6.45) is 2.27. The number of hydrogen-bond donors (Lipinski definition) is 3. The maximum atomic E-state index is 13.0. The van der Waals surface area contributed by atoms with Crippen molar-refractivity contribution in [2.24, 2.45) is 0 Å². The maximum absolute atomic E-state index is 13.0. The van der Waals surface area contributed by atoms with Gasteiger partial charge in [-0.2, -0.15) is 0 Å². The summed E-state index contributed by atoms with van der Waals surface area (Å²) < 4.78 is 0. The molecule has 8 heteroatoms. The molecule has 1 aromatic carbocycles. The largest absolute Gasteiger partial charge is 0.361 e. The van der Waals surface area contributed by atoms with Gasteiger partial charge in [-0.3, -0.25) is 9.59 Å². The Morgan fingerprint density at radius 3 is 2.77 bits per heavy atom. The number of amides is 2. The first-order valence-electron chi connectivity index (χ1n) is 9.56. The molecule has 0 aliphatic rings. The summed E-state index contributed by atoms with van der Waals surface area (Å²) in [6, 6.07) is 9.31. The van der Waals surface area contributed by atoms with E-state index >= 15 is 0 Å². The Balaban J connectivity index is 1.53. The summed E-state index contributed by atoms with van der Waals surface area (Å²) in [5.74, 6) is -0.534. The maximum Gasteiger partial charge on any atom is 0.249 e. The predicted molar refractivity (Wildman–Crippen MR) is 123 cm³/mol. The third kappa shape index (κ3) is 4.29. The number of hydrogen-bond acceptors (Lipinski definition) is 5. The Hall–Kier alpha value is -2.97. The van der Waals surface area contributed by atoms with Crippen LogP contribution in [-0.2, 0) is 16.0 Å². The molecule has 154 valence electrons. The lowest BCUT2D eigenvalue weighted by Crippen LogP contribution is -2.44. The summed E-state index contributed by atoms with van der Waals surface area (Å²) in [5, 5.41) is 9.14. The smallest absolute Gasteiger partial charge is 0.249 e. The van der Waals surface area contributed by atoms with Crippen molar-refractivity contribution in [3.8, 4) is 11.3 Å². The highest BCUT2D eigenvalue weighted by atomic mass is 32.1.